The zero-order valence-corrected chi connectivity index (χ0v) is 13.2. The Bertz CT molecular complexity index is 979. The molecule has 0 unspecified atom stereocenters. The van der Waals surface area contributed by atoms with Gasteiger partial charge in [-0.2, -0.15) is 0 Å². The highest BCUT2D eigenvalue weighted by Gasteiger charge is 2.13. The Balaban J connectivity index is 1.75. The van der Waals surface area contributed by atoms with Gasteiger partial charge in [0.1, 0.15) is 0 Å². The highest BCUT2D eigenvalue weighted by atomic mass is 32.2. The molecular formula is C17H16N2O3S. The van der Waals surface area contributed by atoms with Gasteiger partial charge >= 0.3 is 0 Å². The van der Waals surface area contributed by atoms with Crippen molar-refractivity contribution in [2.45, 2.75) is 17.9 Å². The summed E-state index contributed by atoms with van der Waals surface area (Å²) in [6.45, 7) is 0.322. The van der Waals surface area contributed by atoms with E-state index in [0.29, 0.717) is 28.8 Å². The fourth-order valence-electron chi connectivity index (χ4n) is 2.44. The van der Waals surface area contributed by atoms with E-state index in [1.165, 1.54) is 10.9 Å². The van der Waals surface area contributed by atoms with Crippen molar-refractivity contribution < 1.29 is 8.42 Å². The minimum absolute atomic E-state index is 0.00369. The highest BCUT2D eigenvalue weighted by Crippen LogP contribution is 2.11. The number of rotatable bonds is 5. The number of hydrogen-bond acceptors (Lipinski definition) is 4. The minimum atomic E-state index is -3.32. The quantitative estimate of drug-likeness (QED) is 0.720. The molecular weight excluding hydrogens is 312 g/mol. The van der Waals surface area contributed by atoms with Crippen LogP contribution in [0.25, 0.3) is 10.9 Å². The van der Waals surface area contributed by atoms with E-state index >= 15 is 0 Å². The Hall–Kier alpha value is -2.47. The van der Waals surface area contributed by atoms with Crippen LogP contribution >= 0.6 is 0 Å². The summed E-state index contributed by atoms with van der Waals surface area (Å²) in [5.74, 6) is -0.00369. The van der Waals surface area contributed by atoms with Gasteiger partial charge in [0.15, 0.2) is 9.84 Å². The van der Waals surface area contributed by atoms with Gasteiger partial charge in [-0.05, 0) is 30.7 Å². The van der Waals surface area contributed by atoms with Crippen LogP contribution in [0.2, 0.25) is 0 Å². The zero-order valence-electron chi connectivity index (χ0n) is 12.4. The molecule has 0 amide bonds. The molecule has 5 nitrogen and oxygen atoms in total. The maximum Gasteiger partial charge on any atom is 0.261 e. The fraction of sp³-hybridized carbons (Fsp3) is 0.176. The van der Waals surface area contributed by atoms with E-state index < -0.39 is 9.84 Å². The molecule has 0 saturated heterocycles. The Morgan fingerprint density at radius 3 is 2.43 bits per heavy atom. The van der Waals surface area contributed by atoms with Crippen molar-refractivity contribution in [3.05, 3.63) is 71.3 Å². The van der Waals surface area contributed by atoms with Crippen molar-refractivity contribution in [3.63, 3.8) is 0 Å². The molecule has 0 saturated carbocycles. The second-order valence-electron chi connectivity index (χ2n) is 5.25. The van der Waals surface area contributed by atoms with Gasteiger partial charge in [0, 0.05) is 6.54 Å². The number of sulfone groups is 1. The van der Waals surface area contributed by atoms with Crippen molar-refractivity contribution in [2.24, 2.45) is 0 Å². The van der Waals surface area contributed by atoms with Crippen LogP contribution in [-0.4, -0.2) is 23.7 Å². The molecule has 0 aliphatic rings. The van der Waals surface area contributed by atoms with Crippen LogP contribution in [0.4, 0.5) is 0 Å². The number of aromatic nitrogens is 2. The van der Waals surface area contributed by atoms with Crippen LogP contribution in [0.3, 0.4) is 0 Å². The number of hydrogen-bond donors (Lipinski definition) is 0. The largest absolute Gasteiger partial charge is 0.299 e. The topological polar surface area (TPSA) is 69.0 Å². The molecule has 3 aromatic rings. The number of aryl methyl sites for hydroxylation is 1. The first kappa shape index (κ1) is 15.4. The number of nitrogens with zero attached hydrogens (tertiary/aromatic N) is 2. The van der Waals surface area contributed by atoms with Crippen LogP contribution in [0.15, 0.2) is 70.6 Å². The predicted octanol–water partition coefficient (Wildman–Crippen LogP) is 2.26. The lowest BCUT2D eigenvalue weighted by atomic mass is 10.2. The molecule has 0 N–H and O–H groups in total. The van der Waals surface area contributed by atoms with Crippen molar-refractivity contribution in [1.82, 2.24) is 9.55 Å². The molecule has 1 heterocycles. The van der Waals surface area contributed by atoms with Crippen LogP contribution in [0, 0.1) is 0 Å². The first-order valence-electron chi connectivity index (χ1n) is 7.30. The Morgan fingerprint density at radius 1 is 0.957 bits per heavy atom. The van der Waals surface area contributed by atoms with Gasteiger partial charge in [-0.3, -0.25) is 9.36 Å². The van der Waals surface area contributed by atoms with Crippen LogP contribution < -0.4 is 5.56 Å². The van der Waals surface area contributed by atoms with Gasteiger partial charge in [0.05, 0.1) is 27.9 Å². The number of para-hydroxylation sites is 1. The Morgan fingerprint density at radius 2 is 1.65 bits per heavy atom. The van der Waals surface area contributed by atoms with Crippen molar-refractivity contribution in [2.75, 3.05) is 5.75 Å². The predicted molar refractivity (Wildman–Crippen MR) is 89.1 cm³/mol. The lowest BCUT2D eigenvalue weighted by Crippen LogP contribution is -2.22. The summed E-state index contributed by atoms with van der Waals surface area (Å²) in [5, 5.41) is 0.543. The molecule has 0 aliphatic carbocycles. The molecule has 2 aromatic carbocycles. The molecule has 0 radical (unpaired) electrons. The maximum atomic E-state index is 12.3. The zero-order chi connectivity index (χ0) is 16.3. The second kappa shape index (κ2) is 6.34. The number of fused-ring (bicyclic) bond motifs is 1. The van der Waals surface area contributed by atoms with E-state index in [9.17, 15) is 13.2 Å². The lowest BCUT2D eigenvalue weighted by Gasteiger charge is -2.07. The smallest absolute Gasteiger partial charge is 0.261 e. The van der Waals surface area contributed by atoms with E-state index in [2.05, 4.69) is 4.98 Å². The van der Waals surface area contributed by atoms with Gasteiger partial charge in [-0.1, -0.05) is 30.3 Å². The molecule has 0 spiro atoms. The van der Waals surface area contributed by atoms with Crippen molar-refractivity contribution in [3.8, 4) is 0 Å². The van der Waals surface area contributed by atoms with Gasteiger partial charge in [-0.15, -0.1) is 0 Å². The van der Waals surface area contributed by atoms with Gasteiger partial charge < -0.3 is 0 Å². The van der Waals surface area contributed by atoms with Gasteiger partial charge in [-0.25, -0.2) is 13.4 Å². The number of benzene rings is 2. The van der Waals surface area contributed by atoms with Crippen LogP contribution in [-0.2, 0) is 16.4 Å². The molecule has 0 fully saturated rings. The first-order valence-corrected chi connectivity index (χ1v) is 8.95. The molecule has 0 atom stereocenters. The molecule has 1 aromatic heterocycles. The molecule has 118 valence electrons. The Labute approximate surface area is 134 Å². The average molecular weight is 328 g/mol. The Kier molecular flexibility index (Phi) is 4.25. The molecule has 6 heteroatoms. The molecule has 0 bridgehead atoms. The van der Waals surface area contributed by atoms with Crippen LogP contribution in [0.1, 0.15) is 6.42 Å². The monoisotopic (exact) mass is 328 g/mol. The van der Waals surface area contributed by atoms with Gasteiger partial charge in [0.2, 0.25) is 0 Å². The van der Waals surface area contributed by atoms with E-state index in [1.807, 2.05) is 6.07 Å². The molecule has 3 rings (SSSR count). The van der Waals surface area contributed by atoms with Crippen LogP contribution in [0.5, 0.6) is 0 Å². The SMILES string of the molecule is O=c1c2ccccc2ncn1CCCS(=O)(=O)c1ccccc1. The summed E-state index contributed by atoms with van der Waals surface area (Å²) < 4.78 is 25.9. The summed E-state index contributed by atoms with van der Waals surface area (Å²) in [6, 6.07) is 15.5. The average Bonchev–Trinajstić information content (AvgIpc) is 2.58. The molecule has 23 heavy (non-hydrogen) atoms. The molecule has 0 aliphatic heterocycles. The fourth-order valence-corrected chi connectivity index (χ4v) is 3.75. The van der Waals surface area contributed by atoms with E-state index in [-0.39, 0.29) is 11.3 Å². The maximum absolute atomic E-state index is 12.3. The highest BCUT2D eigenvalue weighted by molar-refractivity contribution is 7.91. The lowest BCUT2D eigenvalue weighted by molar-refractivity contribution is 0.583. The second-order valence-corrected chi connectivity index (χ2v) is 7.35. The summed E-state index contributed by atoms with van der Waals surface area (Å²) in [4.78, 5) is 16.9. The summed E-state index contributed by atoms with van der Waals surface area (Å²) in [6.07, 6.45) is 1.83. The first-order chi connectivity index (χ1) is 11.1. The third kappa shape index (κ3) is 3.32. The van der Waals surface area contributed by atoms with Crippen molar-refractivity contribution in [1.29, 1.82) is 0 Å². The summed E-state index contributed by atoms with van der Waals surface area (Å²) in [5.41, 5.74) is 0.498. The summed E-state index contributed by atoms with van der Waals surface area (Å²) in [7, 11) is -3.32. The third-order valence-electron chi connectivity index (χ3n) is 3.65. The standard InChI is InChI=1S/C17H16N2O3S/c20-17-15-9-4-5-10-16(15)18-13-19(17)11-6-12-23(21,22)14-7-2-1-3-8-14/h1-5,7-10,13H,6,11-12H2. The normalized spacial score (nSPS) is 11.7. The third-order valence-corrected chi connectivity index (χ3v) is 5.46. The van der Waals surface area contributed by atoms with Crippen molar-refractivity contribution >= 4 is 20.7 Å². The minimum Gasteiger partial charge on any atom is -0.299 e. The van der Waals surface area contributed by atoms with E-state index in [4.69, 9.17) is 0 Å². The van der Waals surface area contributed by atoms with E-state index in [0.717, 1.165) is 0 Å². The van der Waals surface area contributed by atoms with Gasteiger partial charge in [0.25, 0.3) is 5.56 Å². The summed E-state index contributed by atoms with van der Waals surface area (Å²) >= 11 is 0. The van der Waals surface area contributed by atoms with E-state index in [1.54, 1.807) is 48.5 Å².